The monoisotopic (exact) mass is 1300 g/mol. The van der Waals surface area contributed by atoms with E-state index in [1.54, 1.807) is 113 Å². The van der Waals surface area contributed by atoms with Gasteiger partial charge in [0.15, 0.2) is 0 Å². The van der Waals surface area contributed by atoms with E-state index in [2.05, 4.69) is 123 Å². The van der Waals surface area contributed by atoms with Crippen molar-refractivity contribution in [1.29, 1.82) is 0 Å². The minimum atomic E-state index is -0.207. The molecular formula is C66H56O8S10. The normalized spacial score (nSPS) is 20.8. The van der Waals surface area contributed by atoms with Gasteiger partial charge in [-0.2, -0.15) is 0 Å². The van der Waals surface area contributed by atoms with E-state index < -0.39 is 0 Å². The van der Waals surface area contributed by atoms with Crippen LogP contribution in [0, 0.1) is 47.3 Å². The van der Waals surface area contributed by atoms with Gasteiger partial charge in [0.25, 0.3) is 0 Å². The molecule has 8 atom stereocenters. The van der Waals surface area contributed by atoms with E-state index in [0.29, 0.717) is 50.1 Å². The van der Waals surface area contributed by atoms with Crippen molar-refractivity contribution < 1.29 is 38.1 Å². The van der Waals surface area contributed by atoms with E-state index in [-0.39, 0.29) is 73.2 Å². The topological polar surface area (TPSA) is 105 Å². The molecule has 428 valence electrons. The lowest BCUT2D eigenvalue weighted by Crippen LogP contribution is -2.30. The molecule has 84 heavy (non-hydrogen) atoms. The number of carbonyl (C=O) groups is 4. The Balaban J connectivity index is 0.000000161. The maximum Gasteiger partial charge on any atom is 0.310 e. The Kier molecular flexibility index (Phi) is 18.1. The van der Waals surface area contributed by atoms with Gasteiger partial charge in [0.2, 0.25) is 0 Å². The molecule has 0 aliphatic heterocycles. The van der Waals surface area contributed by atoms with Crippen LogP contribution in [0.1, 0.15) is 35.1 Å². The molecule has 0 aromatic carbocycles. The zero-order chi connectivity index (χ0) is 56.9. The summed E-state index contributed by atoms with van der Waals surface area (Å²) in [5.74, 6) is 1.34. The van der Waals surface area contributed by atoms with Crippen LogP contribution in [0.25, 0.3) is 58.5 Å². The Morgan fingerprint density at radius 3 is 1.10 bits per heavy atom. The molecule has 8 unspecified atom stereocenters. The van der Waals surface area contributed by atoms with Crippen LogP contribution in [0.15, 0.2) is 164 Å². The Morgan fingerprint density at radius 1 is 0.345 bits per heavy atom. The SMILES string of the molecule is O=C(Cc1cc(-c2cccs2)sc1-c1cccs1)OCC1C2C=CC(C2)C1COC(=O)Cc1cc(-c2cccs2)sc1-c1cccs1.O=C(Cc1csc(-c2cccs2)c1)OCC1C2C=CC(C2)C1COC(=O)Cc1ccsc1-c1cccs1. The fourth-order valence-electron chi connectivity index (χ4n) is 12.2. The lowest BCUT2D eigenvalue weighted by atomic mass is 9.84. The average molecular weight is 1300 g/mol. The molecule has 0 spiro atoms. The van der Waals surface area contributed by atoms with Crippen LogP contribution in [0.2, 0.25) is 0 Å². The van der Waals surface area contributed by atoms with E-state index in [0.717, 1.165) is 49.7 Å². The van der Waals surface area contributed by atoms with Gasteiger partial charge in [-0.05, 0) is 162 Å². The second kappa shape index (κ2) is 26.5. The Morgan fingerprint density at radius 2 is 0.702 bits per heavy atom. The first kappa shape index (κ1) is 57.4. The van der Waals surface area contributed by atoms with Crippen LogP contribution in [0.5, 0.6) is 0 Å². The molecule has 0 saturated heterocycles. The first-order valence-electron chi connectivity index (χ1n) is 27.8. The molecule has 14 rings (SSSR count). The summed E-state index contributed by atoms with van der Waals surface area (Å²) in [7, 11) is 0. The summed E-state index contributed by atoms with van der Waals surface area (Å²) in [6.07, 6.45) is 12.1. The second-order valence-corrected chi connectivity index (χ2v) is 31.0. The molecular weight excluding hydrogens is 1240 g/mol. The Bertz CT molecular complexity index is 3710. The Hall–Kier alpha value is -5.64. The molecule has 2 saturated carbocycles. The first-order chi connectivity index (χ1) is 41.2. The van der Waals surface area contributed by atoms with Gasteiger partial charge < -0.3 is 18.9 Å². The highest BCUT2D eigenvalue weighted by Crippen LogP contribution is 2.50. The highest BCUT2D eigenvalue weighted by atomic mass is 32.1. The molecule has 4 bridgehead atoms. The highest BCUT2D eigenvalue weighted by molar-refractivity contribution is 7.27. The van der Waals surface area contributed by atoms with Gasteiger partial charge in [-0.1, -0.05) is 60.7 Å². The fraction of sp³-hybridized carbons (Fsp3) is 0.273. The van der Waals surface area contributed by atoms with E-state index >= 15 is 0 Å². The molecule has 8 nitrogen and oxygen atoms in total. The van der Waals surface area contributed by atoms with E-state index in [1.165, 1.54) is 43.9 Å². The van der Waals surface area contributed by atoms with Gasteiger partial charge in [-0.15, -0.1) is 113 Å². The number of thiophene rings is 10. The molecule has 10 heterocycles. The van der Waals surface area contributed by atoms with Gasteiger partial charge in [0, 0.05) is 82.2 Å². The second-order valence-electron chi connectivity index (χ2n) is 21.4. The summed E-state index contributed by atoms with van der Waals surface area (Å²) in [5.41, 5.74) is 4.04. The maximum atomic E-state index is 13.3. The van der Waals surface area contributed by atoms with Crippen molar-refractivity contribution in [2.24, 2.45) is 47.3 Å². The quantitative estimate of drug-likeness (QED) is 0.0375. The summed E-state index contributed by atoms with van der Waals surface area (Å²) in [6.45, 7) is 1.45. The fourth-order valence-corrected chi connectivity index (χ4v) is 21.6. The number of esters is 4. The molecule has 4 aliphatic carbocycles. The summed E-state index contributed by atoms with van der Waals surface area (Å²) in [5, 5.41) is 16.5. The van der Waals surface area contributed by atoms with Crippen molar-refractivity contribution in [3.05, 3.63) is 187 Å². The molecule has 0 amide bonds. The van der Waals surface area contributed by atoms with Gasteiger partial charge in [-0.25, -0.2) is 0 Å². The van der Waals surface area contributed by atoms with Crippen LogP contribution in [-0.4, -0.2) is 50.3 Å². The average Bonchev–Trinajstić information content (AvgIpc) is 4.18. The first-order valence-corrected chi connectivity index (χ1v) is 36.5. The number of ether oxygens (including phenoxy) is 4. The van der Waals surface area contributed by atoms with Gasteiger partial charge in [-0.3, -0.25) is 19.2 Å². The standard InChI is InChI=1S/C37H30O4S6.C29H26O4S4/c38-34(18-24-16-32(28-5-1-11-42-28)46-36(24)30-7-3-13-44-30)40-20-26-22-9-10-23(15-22)27(26)21-41-35(39)19-25-17-33(29-6-2-12-43-29)47-37(25)31-8-4-14-45-31;30-27(12-18-11-26(37-17-18)24-3-1-8-34-24)32-15-22-19-5-6-20(13-19)23(22)16-33-28(31)14-21-7-10-36-29(21)25-4-2-9-35-25/h1-14,16-17,22-23,26-27H,15,18-21H2;1-11,17,19-20,22-23H,12-16H2. The van der Waals surface area contributed by atoms with Gasteiger partial charge in [0.1, 0.15) is 0 Å². The predicted octanol–water partition coefficient (Wildman–Crippen LogP) is 18.6. The van der Waals surface area contributed by atoms with Crippen molar-refractivity contribution in [2.75, 3.05) is 26.4 Å². The third-order valence-electron chi connectivity index (χ3n) is 16.2. The number of carbonyl (C=O) groups excluding carboxylic acids is 4. The minimum Gasteiger partial charge on any atom is -0.465 e. The zero-order valence-corrected chi connectivity index (χ0v) is 53.4. The third kappa shape index (κ3) is 13.2. The van der Waals surface area contributed by atoms with Crippen molar-refractivity contribution in [2.45, 2.75) is 38.5 Å². The van der Waals surface area contributed by atoms with E-state index in [9.17, 15) is 19.2 Å². The number of hydrogen-bond acceptors (Lipinski definition) is 18. The summed E-state index contributed by atoms with van der Waals surface area (Å²) >= 11 is 17.0. The third-order valence-corrected chi connectivity index (χ3v) is 26.9. The predicted molar refractivity (Wildman–Crippen MR) is 351 cm³/mol. The molecule has 2 fully saturated rings. The van der Waals surface area contributed by atoms with Crippen LogP contribution in [0.4, 0.5) is 0 Å². The summed E-state index contributed by atoms with van der Waals surface area (Å²) < 4.78 is 23.5. The molecule has 10 aromatic rings. The summed E-state index contributed by atoms with van der Waals surface area (Å²) in [4.78, 5) is 66.1. The van der Waals surface area contributed by atoms with Crippen LogP contribution < -0.4 is 0 Å². The van der Waals surface area contributed by atoms with Crippen molar-refractivity contribution in [3.8, 4) is 58.5 Å². The number of hydrogen-bond donors (Lipinski definition) is 0. The molecule has 4 aliphatic rings. The van der Waals surface area contributed by atoms with Crippen LogP contribution in [-0.2, 0) is 63.8 Å². The molecule has 0 radical (unpaired) electrons. The van der Waals surface area contributed by atoms with Gasteiger partial charge in [0.05, 0.1) is 52.1 Å². The number of allylic oxidation sites excluding steroid dienone is 4. The largest absolute Gasteiger partial charge is 0.465 e. The lowest BCUT2D eigenvalue weighted by molar-refractivity contribution is -0.149. The number of rotatable bonds is 22. The van der Waals surface area contributed by atoms with E-state index in [1.807, 2.05) is 41.1 Å². The molecule has 18 heteroatoms. The Labute approximate surface area is 528 Å². The number of fused-ring (bicyclic) bond motifs is 4. The lowest BCUT2D eigenvalue weighted by Gasteiger charge is -2.27. The van der Waals surface area contributed by atoms with E-state index in [4.69, 9.17) is 18.9 Å². The maximum absolute atomic E-state index is 13.3. The molecule has 10 aromatic heterocycles. The summed E-state index contributed by atoms with van der Waals surface area (Å²) in [6, 6.07) is 33.3. The van der Waals surface area contributed by atoms with Crippen molar-refractivity contribution >= 4 is 137 Å². The van der Waals surface area contributed by atoms with Gasteiger partial charge >= 0.3 is 23.9 Å². The van der Waals surface area contributed by atoms with Crippen molar-refractivity contribution in [3.63, 3.8) is 0 Å². The van der Waals surface area contributed by atoms with Crippen molar-refractivity contribution in [1.82, 2.24) is 0 Å². The highest BCUT2D eigenvalue weighted by Gasteiger charge is 2.47. The van der Waals surface area contributed by atoms with Crippen LogP contribution >= 0.6 is 113 Å². The smallest absolute Gasteiger partial charge is 0.310 e. The molecule has 0 N–H and O–H groups in total. The zero-order valence-electron chi connectivity index (χ0n) is 45.2. The minimum absolute atomic E-state index is 0.149. The van der Waals surface area contributed by atoms with Crippen LogP contribution in [0.3, 0.4) is 0 Å².